The molecule has 6 aromatic carbocycles. The number of rotatable bonds is 4. The SMILES string of the molecule is CC1(C)OB(c2cccc(-n3c4ccccc4c4c5ccccc5c5sc6ccccc6c5c43)c2)OC1(C)Cc1ccc2c(c1)sc1c(Cl)nc(Cl)nc12. The van der Waals surface area contributed by atoms with Gasteiger partial charge in [-0.1, -0.05) is 96.5 Å². The number of fused-ring (bicyclic) bond motifs is 13. The van der Waals surface area contributed by atoms with Gasteiger partial charge < -0.3 is 13.9 Å². The van der Waals surface area contributed by atoms with Crippen molar-refractivity contribution in [1.29, 1.82) is 0 Å². The van der Waals surface area contributed by atoms with Crippen LogP contribution < -0.4 is 5.46 Å². The minimum atomic E-state index is -0.619. The Morgan fingerprint density at radius 2 is 1.41 bits per heavy atom. The molecule has 0 N–H and O–H groups in total. The molecule has 1 unspecified atom stereocenters. The normalized spacial score (nSPS) is 17.5. The number of thiophene rings is 2. The second kappa shape index (κ2) is 11.7. The van der Waals surface area contributed by atoms with Crippen molar-refractivity contribution in [3.63, 3.8) is 0 Å². The van der Waals surface area contributed by atoms with Crippen LogP contribution in [-0.2, 0) is 15.7 Å². The van der Waals surface area contributed by atoms with Crippen LogP contribution in [0.2, 0.25) is 10.4 Å². The van der Waals surface area contributed by atoms with E-state index in [2.05, 4.69) is 151 Å². The van der Waals surface area contributed by atoms with Gasteiger partial charge in [-0.3, -0.25) is 0 Å². The summed E-state index contributed by atoms with van der Waals surface area (Å²) < 4.78 is 20.8. The Labute approximate surface area is 328 Å². The van der Waals surface area contributed by atoms with Gasteiger partial charge >= 0.3 is 7.12 Å². The van der Waals surface area contributed by atoms with Crippen LogP contribution in [0.4, 0.5) is 0 Å². The summed E-state index contributed by atoms with van der Waals surface area (Å²) in [6.07, 6.45) is 0.656. The maximum atomic E-state index is 6.99. The van der Waals surface area contributed by atoms with Gasteiger partial charge in [0.15, 0.2) is 5.15 Å². The molecule has 54 heavy (non-hydrogen) atoms. The van der Waals surface area contributed by atoms with Crippen molar-refractivity contribution < 1.29 is 9.31 Å². The van der Waals surface area contributed by atoms with Crippen molar-refractivity contribution in [3.8, 4) is 5.69 Å². The van der Waals surface area contributed by atoms with Crippen LogP contribution in [-0.4, -0.2) is 32.9 Å². The van der Waals surface area contributed by atoms with Crippen molar-refractivity contribution in [2.75, 3.05) is 0 Å². The van der Waals surface area contributed by atoms with Crippen molar-refractivity contribution >= 4 is 132 Å². The number of hydrogen-bond donors (Lipinski definition) is 0. The van der Waals surface area contributed by atoms with Gasteiger partial charge in [0, 0.05) is 58.5 Å². The molecule has 0 amide bonds. The van der Waals surface area contributed by atoms with Crippen LogP contribution in [0.15, 0.2) is 115 Å². The van der Waals surface area contributed by atoms with Crippen LogP contribution in [0.5, 0.6) is 0 Å². The number of para-hydroxylation sites is 1. The van der Waals surface area contributed by atoms with Gasteiger partial charge in [0.25, 0.3) is 0 Å². The molecule has 11 rings (SSSR count). The van der Waals surface area contributed by atoms with Crippen molar-refractivity contribution in [1.82, 2.24) is 14.5 Å². The Kier molecular flexibility index (Phi) is 7.14. The Balaban J connectivity index is 1.03. The van der Waals surface area contributed by atoms with E-state index in [-0.39, 0.29) is 5.28 Å². The highest BCUT2D eigenvalue weighted by Gasteiger charge is 2.54. The zero-order valence-corrected chi connectivity index (χ0v) is 32.6. The summed E-state index contributed by atoms with van der Waals surface area (Å²) >= 11 is 16.1. The van der Waals surface area contributed by atoms with E-state index < -0.39 is 18.3 Å². The van der Waals surface area contributed by atoms with Crippen molar-refractivity contribution in [3.05, 3.63) is 131 Å². The van der Waals surface area contributed by atoms with Crippen LogP contribution in [0.3, 0.4) is 0 Å². The van der Waals surface area contributed by atoms with Gasteiger partial charge in [0.1, 0.15) is 0 Å². The molecular weight excluding hydrogens is 748 g/mol. The average Bonchev–Trinajstić information content (AvgIpc) is 3.89. The molecular formula is C44H30BCl2N3O2S2. The molecule has 0 radical (unpaired) electrons. The fourth-order valence-electron chi connectivity index (χ4n) is 8.51. The predicted molar refractivity (Wildman–Crippen MR) is 230 cm³/mol. The Bertz CT molecular complexity index is 3210. The lowest BCUT2D eigenvalue weighted by atomic mass is 9.79. The third kappa shape index (κ3) is 4.71. The molecule has 0 saturated carbocycles. The summed E-state index contributed by atoms with van der Waals surface area (Å²) in [5.74, 6) is 0. The number of halogens is 2. The molecule has 0 aliphatic carbocycles. The summed E-state index contributed by atoms with van der Waals surface area (Å²) in [5, 5.41) is 9.19. The van der Waals surface area contributed by atoms with Gasteiger partial charge in [0.2, 0.25) is 5.28 Å². The Hall–Kier alpha value is -4.54. The first-order valence-electron chi connectivity index (χ1n) is 17.9. The zero-order valence-electron chi connectivity index (χ0n) is 29.5. The lowest BCUT2D eigenvalue weighted by molar-refractivity contribution is -0.00874. The number of hydrogen-bond acceptors (Lipinski definition) is 6. The molecule has 1 saturated heterocycles. The summed E-state index contributed by atoms with van der Waals surface area (Å²) in [7, 11) is -0.551. The summed E-state index contributed by atoms with van der Waals surface area (Å²) in [5.41, 5.74) is 5.16. The summed E-state index contributed by atoms with van der Waals surface area (Å²) in [6.45, 7) is 6.41. The van der Waals surface area contributed by atoms with E-state index in [1.54, 1.807) is 11.3 Å². The average molecular weight is 779 g/mol. The van der Waals surface area contributed by atoms with Crippen molar-refractivity contribution in [2.45, 2.75) is 38.4 Å². The van der Waals surface area contributed by atoms with Crippen LogP contribution in [0.25, 0.3) is 78.7 Å². The maximum Gasteiger partial charge on any atom is 0.494 e. The second-order valence-corrected chi connectivity index (χ2v) is 17.7. The molecule has 262 valence electrons. The first kappa shape index (κ1) is 32.9. The standard InChI is InChI=1S/C44H30BCl2N3O2S2/c1-43(2)44(3,23-24-19-20-31-34(21-24)54-40-37(31)48-42(47)49-41(40)46)52-45(51-43)25-11-10-12-26(22-25)50-32-17-8-6-15-29(32)35-27-13-4-5-14-28(27)39-36(38(35)50)30-16-7-9-18-33(30)53-39/h4-22H,23H2,1-3H3. The first-order valence-corrected chi connectivity index (χ1v) is 20.3. The minimum absolute atomic E-state index is 0.150. The van der Waals surface area contributed by atoms with E-state index >= 15 is 0 Å². The Morgan fingerprint density at radius 1 is 0.667 bits per heavy atom. The Morgan fingerprint density at radius 3 is 2.26 bits per heavy atom. The van der Waals surface area contributed by atoms with Gasteiger partial charge in [-0.25, -0.2) is 9.97 Å². The van der Waals surface area contributed by atoms with E-state index in [1.807, 2.05) is 11.3 Å². The van der Waals surface area contributed by atoms with Crippen LogP contribution in [0.1, 0.15) is 26.3 Å². The molecule has 5 nitrogen and oxygen atoms in total. The van der Waals surface area contributed by atoms with Gasteiger partial charge in [-0.15, -0.1) is 22.7 Å². The third-order valence-corrected chi connectivity index (χ3v) is 14.3. The molecule has 1 aliphatic heterocycles. The highest BCUT2D eigenvalue weighted by atomic mass is 35.5. The molecule has 10 heteroatoms. The summed E-state index contributed by atoms with van der Waals surface area (Å²) in [6, 6.07) is 41.5. The fraction of sp³-hybridized carbons (Fsp3) is 0.136. The van der Waals surface area contributed by atoms with E-state index in [0.717, 1.165) is 37.0 Å². The predicted octanol–water partition coefficient (Wildman–Crippen LogP) is 12.3. The molecule has 5 heterocycles. The molecule has 1 aliphatic rings. The third-order valence-electron chi connectivity index (χ3n) is 11.4. The lowest BCUT2D eigenvalue weighted by Crippen LogP contribution is -2.46. The number of nitrogens with zero attached hydrogens (tertiary/aromatic N) is 3. The van der Waals surface area contributed by atoms with Crippen LogP contribution in [0, 0.1) is 0 Å². The minimum Gasteiger partial charge on any atom is -0.399 e. The number of aromatic nitrogens is 3. The largest absolute Gasteiger partial charge is 0.494 e. The highest BCUT2D eigenvalue weighted by Crippen LogP contribution is 2.48. The molecule has 0 bridgehead atoms. The van der Waals surface area contributed by atoms with E-state index in [1.165, 1.54) is 52.8 Å². The van der Waals surface area contributed by atoms with Gasteiger partial charge in [0.05, 0.1) is 32.5 Å². The molecule has 0 spiro atoms. The van der Waals surface area contributed by atoms with Crippen molar-refractivity contribution in [2.24, 2.45) is 0 Å². The second-order valence-electron chi connectivity index (χ2n) is 14.9. The molecule has 1 atom stereocenters. The van der Waals surface area contributed by atoms with Gasteiger partial charge in [-0.2, -0.15) is 0 Å². The maximum absolute atomic E-state index is 6.99. The van der Waals surface area contributed by atoms with E-state index in [9.17, 15) is 0 Å². The topological polar surface area (TPSA) is 49.2 Å². The first-order chi connectivity index (χ1) is 26.2. The van der Waals surface area contributed by atoms with Gasteiger partial charge in [-0.05, 0) is 79.1 Å². The monoisotopic (exact) mass is 777 g/mol. The highest BCUT2D eigenvalue weighted by molar-refractivity contribution is 7.27. The van der Waals surface area contributed by atoms with E-state index in [0.29, 0.717) is 11.6 Å². The lowest BCUT2D eigenvalue weighted by Gasteiger charge is -2.36. The fourth-order valence-corrected chi connectivity index (χ4v) is 11.3. The molecule has 10 aromatic rings. The zero-order chi connectivity index (χ0) is 36.5. The smallest absolute Gasteiger partial charge is 0.399 e. The van der Waals surface area contributed by atoms with E-state index in [4.69, 9.17) is 32.5 Å². The van der Waals surface area contributed by atoms with Crippen LogP contribution >= 0.6 is 45.9 Å². The molecule has 4 aromatic heterocycles. The quantitative estimate of drug-likeness (QED) is 0.101. The molecule has 1 fully saturated rings. The number of benzene rings is 6. The summed E-state index contributed by atoms with van der Waals surface area (Å²) in [4.78, 5) is 8.62.